The van der Waals surface area contributed by atoms with Crippen molar-refractivity contribution in [3.8, 4) is 0 Å². The van der Waals surface area contributed by atoms with Gasteiger partial charge in [0.05, 0.1) is 10.7 Å². The molecule has 0 spiro atoms. The second-order valence-corrected chi connectivity index (χ2v) is 6.28. The highest BCUT2D eigenvalue weighted by molar-refractivity contribution is 7.09. The lowest BCUT2D eigenvalue weighted by Crippen LogP contribution is -2.26. The average molecular weight is 253 g/mol. The summed E-state index contributed by atoms with van der Waals surface area (Å²) in [7, 11) is 2.20. The zero-order valence-electron chi connectivity index (χ0n) is 11.1. The van der Waals surface area contributed by atoms with Gasteiger partial charge >= 0.3 is 0 Å². The van der Waals surface area contributed by atoms with Crippen molar-refractivity contribution in [1.82, 2.24) is 15.2 Å². The molecule has 1 atom stereocenters. The second-order valence-electron chi connectivity index (χ2n) is 5.39. The van der Waals surface area contributed by atoms with E-state index >= 15 is 0 Å². The minimum absolute atomic E-state index is 0.554. The molecule has 1 fully saturated rings. The van der Waals surface area contributed by atoms with Gasteiger partial charge in [-0.1, -0.05) is 13.8 Å². The van der Waals surface area contributed by atoms with Crippen LogP contribution in [0, 0.1) is 5.92 Å². The number of thiazole rings is 1. The lowest BCUT2D eigenvalue weighted by atomic mass is 10.1. The molecular formula is C13H23N3S. The highest BCUT2D eigenvalue weighted by atomic mass is 32.1. The molecule has 0 aliphatic carbocycles. The normalized spacial score (nSPS) is 20.6. The third kappa shape index (κ3) is 3.76. The molecule has 1 aromatic rings. The van der Waals surface area contributed by atoms with E-state index in [0.29, 0.717) is 5.92 Å². The molecule has 0 aromatic carbocycles. The van der Waals surface area contributed by atoms with Crippen LogP contribution in [0.4, 0.5) is 0 Å². The van der Waals surface area contributed by atoms with Crippen LogP contribution >= 0.6 is 11.3 Å². The first-order valence-corrected chi connectivity index (χ1v) is 7.36. The van der Waals surface area contributed by atoms with Gasteiger partial charge < -0.3 is 10.2 Å². The Morgan fingerprint density at radius 2 is 2.41 bits per heavy atom. The van der Waals surface area contributed by atoms with Crippen LogP contribution in [0.25, 0.3) is 0 Å². The van der Waals surface area contributed by atoms with Gasteiger partial charge in [-0.3, -0.25) is 0 Å². The van der Waals surface area contributed by atoms with Crippen LogP contribution in [0.3, 0.4) is 0 Å². The Morgan fingerprint density at radius 3 is 3.00 bits per heavy atom. The van der Waals surface area contributed by atoms with E-state index in [4.69, 9.17) is 0 Å². The van der Waals surface area contributed by atoms with Crippen LogP contribution in [-0.2, 0) is 6.54 Å². The van der Waals surface area contributed by atoms with Gasteiger partial charge in [0.15, 0.2) is 0 Å². The summed E-state index contributed by atoms with van der Waals surface area (Å²) in [5.74, 6) is 1.38. The minimum atomic E-state index is 0.554. The van der Waals surface area contributed by atoms with E-state index in [2.05, 4.69) is 41.5 Å². The summed E-state index contributed by atoms with van der Waals surface area (Å²) in [4.78, 5) is 7.09. The van der Waals surface area contributed by atoms with Crippen molar-refractivity contribution in [3.63, 3.8) is 0 Å². The molecule has 4 heteroatoms. The van der Waals surface area contributed by atoms with Gasteiger partial charge in [-0.25, -0.2) is 4.98 Å². The number of nitrogens with zero attached hydrogens (tertiary/aromatic N) is 2. The molecule has 2 heterocycles. The van der Waals surface area contributed by atoms with Crippen LogP contribution in [-0.4, -0.2) is 36.6 Å². The zero-order chi connectivity index (χ0) is 12.3. The number of rotatable bonds is 5. The fourth-order valence-electron chi connectivity index (χ4n) is 2.31. The Hall–Kier alpha value is -0.450. The quantitative estimate of drug-likeness (QED) is 0.873. The summed E-state index contributed by atoms with van der Waals surface area (Å²) in [6.45, 7) is 8.94. The Morgan fingerprint density at radius 1 is 1.59 bits per heavy atom. The summed E-state index contributed by atoms with van der Waals surface area (Å²) < 4.78 is 0. The predicted octanol–water partition coefficient (Wildman–Crippen LogP) is 2.31. The van der Waals surface area contributed by atoms with Crippen molar-refractivity contribution in [1.29, 1.82) is 0 Å². The van der Waals surface area contributed by atoms with Gasteiger partial charge in [0.1, 0.15) is 0 Å². The van der Waals surface area contributed by atoms with E-state index in [1.54, 1.807) is 11.3 Å². The number of hydrogen-bond acceptors (Lipinski definition) is 4. The van der Waals surface area contributed by atoms with Crippen LogP contribution in [0.5, 0.6) is 0 Å². The first-order chi connectivity index (χ1) is 8.15. The van der Waals surface area contributed by atoms with Crippen LogP contribution in [0.2, 0.25) is 0 Å². The molecule has 1 aliphatic heterocycles. The van der Waals surface area contributed by atoms with Crippen molar-refractivity contribution < 1.29 is 0 Å². The van der Waals surface area contributed by atoms with Gasteiger partial charge in [-0.15, -0.1) is 11.3 Å². The monoisotopic (exact) mass is 253 g/mol. The SMILES string of the molecule is CC(C)c1nc(CN(C)CC2CCNC2)cs1. The minimum Gasteiger partial charge on any atom is -0.316 e. The molecule has 96 valence electrons. The summed E-state index contributed by atoms with van der Waals surface area (Å²) >= 11 is 1.79. The van der Waals surface area contributed by atoms with E-state index in [9.17, 15) is 0 Å². The first kappa shape index (κ1) is 13.0. The Kier molecular flexibility index (Phi) is 4.54. The standard InChI is InChI=1S/C13H23N3S/c1-10(2)13-15-12(9-17-13)8-16(3)7-11-4-5-14-6-11/h9-11,14H,4-8H2,1-3H3. The molecule has 3 nitrogen and oxygen atoms in total. The van der Waals surface area contributed by atoms with Crippen molar-refractivity contribution >= 4 is 11.3 Å². The third-order valence-electron chi connectivity index (χ3n) is 3.23. The van der Waals surface area contributed by atoms with E-state index in [-0.39, 0.29) is 0 Å². The Balaban J connectivity index is 1.82. The molecule has 2 rings (SSSR count). The van der Waals surface area contributed by atoms with Gasteiger partial charge in [-0.05, 0) is 32.5 Å². The van der Waals surface area contributed by atoms with Crippen molar-refractivity contribution in [3.05, 3.63) is 16.1 Å². The molecule has 0 saturated carbocycles. The number of hydrogen-bond donors (Lipinski definition) is 1. The van der Waals surface area contributed by atoms with Crippen LogP contribution in [0.1, 0.15) is 36.9 Å². The Bertz CT molecular complexity index is 342. The van der Waals surface area contributed by atoms with Crippen molar-refractivity contribution in [2.45, 2.75) is 32.7 Å². The zero-order valence-corrected chi connectivity index (χ0v) is 11.9. The lowest BCUT2D eigenvalue weighted by molar-refractivity contribution is 0.276. The molecule has 0 amide bonds. The Labute approximate surface area is 108 Å². The smallest absolute Gasteiger partial charge is 0.0954 e. The third-order valence-corrected chi connectivity index (χ3v) is 4.42. The maximum absolute atomic E-state index is 4.69. The fourth-order valence-corrected chi connectivity index (χ4v) is 3.14. The predicted molar refractivity (Wildman–Crippen MR) is 73.5 cm³/mol. The van der Waals surface area contributed by atoms with Crippen molar-refractivity contribution in [2.24, 2.45) is 5.92 Å². The van der Waals surface area contributed by atoms with E-state index in [0.717, 1.165) is 12.5 Å². The van der Waals surface area contributed by atoms with E-state index in [1.165, 1.54) is 36.8 Å². The van der Waals surface area contributed by atoms with Gasteiger partial charge in [0.25, 0.3) is 0 Å². The second kappa shape index (κ2) is 5.94. The topological polar surface area (TPSA) is 28.2 Å². The highest BCUT2D eigenvalue weighted by Crippen LogP contribution is 2.20. The largest absolute Gasteiger partial charge is 0.316 e. The molecule has 17 heavy (non-hydrogen) atoms. The maximum atomic E-state index is 4.69. The molecular weight excluding hydrogens is 230 g/mol. The van der Waals surface area contributed by atoms with Gasteiger partial charge in [0, 0.05) is 24.4 Å². The number of aromatic nitrogens is 1. The fraction of sp³-hybridized carbons (Fsp3) is 0.769. The van der Waals surface area contributed by atoms with E-state index in [1.807, 2.05) is 0 Å². The summed E-state index contributed by atoms with van der Waals surface area (Å²) in [5.41, 5.74) is 1.23. The van der Waals surface area contributed by atoms with Crippen LogP contribution < -0.4 is 5.32 Å². The summed E-state index contributed by atoms with van der Waals surface area (Å²) in [6.07, 6.45) is 1.32. The first-order valence-electron chi connectivity index (χ1n) is 6.48. The molecule has 1 unspecified atom stereocenters. The van der Waals surface area contributed by atoms with E-state index < -0.39 is 0 Å². The molecule has 1 aromatic heterocycles. The molecule has 1 aliphatic rings. The maximum Gasteiger partial charge on any atom is 0.0954 e. The molecule has 1 N–H and O–H groups in total. The molecule has 0 bridgehead atoms. The van der Waals surface area contributed by atoms with Gasteiger partial charge in [-0.2, -0.15) is 0 Å². The summed E-state index contributed by atoms with van der Waals surface area (Å²) in [6, 6.07) is 0. The summed E-state index contributed by atoms with van der Waals surface area (Å²) in [5, 5.41) is 6.89. The molecule has 0 radical (unpaired) electrons. The highest BCUT2D eigenvalue weighted by Gasteiger charge is 2.17. The lowest BCUT2D eigenvalue weighted by Gasteiger charge is -2.19. The average Bonchev–Trinajstić information content (AvgIpc) is 2.88. The van der Waals surface area contributed by atoms with Gasteiger partial charge in [0.2, 0.25) is 0 Å². The molecule has 1 saturated heterocycles. The van der Waals surface area contributed by atoms with Crippen molar-refractivity contribution in [2.75, 3.05) is 26.7 Å². The van der Waals surface area contributed by atoms with Crippen LogP contribution in [0.15, 0.2) is 5.38 Å². The number of nitrogens with one attached hydrogen (secondary N) is 1.